The van der Waals surface area contributed by atoms with Gasteiger partial charge in [0.1, 0.15) is 28.1 Å². The minimum atomic E-state index is -0.965. The minimum Gasteiger partial charge on any atom is -0.489 e. The van der Waals surface area contributed by atoms with Crippen LogP contribution >= 0.6 is 11.3 Å². The van der Waals surface area contributed by atoms with E-state index in [2.05, 4.69) is 4.98 Å². The van der Waals surface area contributed by atoms with Crippen molar-refractivity contribution in [2.75, 3.05) is 0 Å². The smallest absolute Gasteiger partial charge is 0.347 e. The van der Waals surface area contributed by atoms with Crippen molar-refractivity contribution < 1.29 is 19.0 Å². The number of thiazole rings is 1. The molecule has 0 fully saturated rings. The van der Waals surface area contributed by atoms with Gasteiger partial charge in [-0.05, 0) is 24.6 Å². The third-order valence-corrected chi connectivity index (χ3v) is 4.79. The molecule has 0 radical (unpaired) electrons. The Kier molecular flexibility index (Phi) is 5.09. The van der Waals surface area contributed by atoms with Gasteiger partial charge in [-0.25, -0.2) is 14.2 Å². The van der Waals surface area contributed by atoms with Crippen LogP contribution in [-0.2, 0) is 13.0 Å². The number of carboxylic acids is 1. The van der Waals surface area contributed by atoms with Gasteiger partial charge in [0.2, 0.25) is 0 Å². The van der Waals surface area contributed by atoms with Crippen molar-refractivity contribution in [3.05, 3.63) is 70.5 Å². The molecule has 1 N–H and O–H groups in total. The summed E-state index contributed by atoms with van der Waals surface area (Å²) >= 11 is 1.14. The zero-order valence-electron chi connectivity index (χ0n) is 13.5. The van der Waals surface area contributed by atoms with Crippen LogP contribution in [0.1, 0.15) is 27.9 Å². The molecule has 0 atom stereocenters. The summed E-state index contributed by atoms with van der Waals surface area (Å²) in [5.74, 6) is -0.698. The average Bonchev–Trinajstić information content (AvgIpc) is 3.06. The number of aromatic nitrogens is 1. The van der Waals surface area contributed by atoms with Gasteiger partial charge < -0.3 is 9.84 Å². The summed E-state index contributed by atoms with van der Waals surface area (Å²) in [6.07, 6.45) is 0.557. The highest BCUT2D eigenvalue weighted by molar-refractivity contribution is 7.17. The lowest BCUT2D eigenvalue weighted by atomic mass is 10.2. The Morgan fingerprint density at radius 1 is 1.24 bits per heavy atom. The van der Waals surface area contributed by atoms with E-state index in [9.17, 15) is 14.3 Å². The standard InChI is InChI=1S/C19H16FNO3S/c1-2-16-17(19(22)23)25-18(21-16)12-7-5-8-14(10-12)24-11-13-6-3-4-9-15(13)20/h3-10H,2,11H2,1H3,(H,22,23). The van der Waals surface area contributed by atoms with Crippen molar-refractivity contribution >= 4 is 17.3 Å². The summed E-state index contributed by atoms with van der Waals surface area (Å²) in [5.41, 5.74) is 1.83. The van der Waals surface area contributed by atoms with Crippen molar-refractivity contribution in [3.8, 4) is 16.3 Å². The van der Waals surface area contributed by atoms with Gasteiger partial charge in [-0.15, -0.1) is 11.3 Å². The molecule has 2 aromatic carbocycles. The maximum Gasteiger partial charge on any atom is 0.347 e. The quantitative estimate of drug-likeness (QED) is 0.689. The van der Waals surface area contributed by atoms with Crippen molar-refractivity contribution in [1.29, 1.82) is 0 Å². The number of carboxylic acid groups (broad SMARTS) is 1. The lowest BCUT2D eigenvalue weighted by Gasteiger charge is -2.08. The van der Waals surface area contributed by atoms with E-state index in [0.29, 0.717) is 28.4 Å². The van der Waals surface area contributed by atoms with E-state index >= 15 is 0 Å². The van der Waals surface area contributed by atoms with E-state index in [-0.39, 0.29) is 17.3 Å². The fourth-order valence-corrected chi connectivity index (χ4v) is 3.37. The number of halogens is 1. The van der Waals surface area contributed by atoms with Gasteiger partial charge in [0.05, 0.1) is 5.69 Å². The molecule has 4 nitrogen and oxygen atoms in total. The van der Waals surface area contributed by atoms with Crippen LogP contribution < -0.4 is 4.74 Å². The number of aromatic carboxylic acids is 1. The monoisotopic (exact) mass is 357 g/mol. The number of aryl methyl sites for hydroxylation is 1. The zero-order chi connectivity index (χ0) is 17.8. The second-order valence-corrected chi connectivity index (χ2v) is 6.36. The first-order chi connectivity index (χ1) is 12.1. The Hall–Kier alpha value is -2.73. The SMILES string of the molecule is CCc1nc(-c2cccc(OCc3ccccc3F)c2)sc1C(=O)O. The third-order valence-electron chi connectivity index (χ3n) is 3.66. The number of ether oxygens (including phenoxy) is 1. The fourth-order valence-electron chi connectivity index (χ4n) is 2.38. The van der Waals surface area contributed by atoms with Gasteiger partial charge in [0.25, 0.3) is 0 Å². The van der Waals surface area contributed by atoms with Crippen LogP contribution in [-0.4, -0.2) is 16.1 Å². The van der Waals surface area contributed by atoms with Crippen LogP contribution in [0.4, 0.5) is 4.39 Å². The largest absolute Gasteiger partial charge is 0.489 e. The summed E-state index contributed by atoms with van der Waals surface area (Å²) < 4.78 is 19.3. The topological polar surface area (TPSA) is 59.4 Å². The molecule has 6 heteroatoms. The van der Waals surface area contributed by atoms with Crippen LogP contribution in [0.25, 0.3) is 10.6 Å². The molecule has 3 rings (SSSR count). The molecular formula is C19H16FNO3S. The first-order valence-electron chi connectivity index (χ1n) is 7.78. The highest BCUT2D eigenvalue weighted by Crippen LogP contribution is 2.31. The molecule has 0 amide bonds. The Balaban J connectivity index is 1.82. The first-order valence-corrected chi connectivity index (χ1v) is 8.59. The van der Waals surface area contributed by atoms with Crippen molar-refractivity contribution in [2.24, 2.45) is 0 Å². The predicted molar refractivity (Wildman–Crippen MR) is 94.6 cm³/mol. The van der Waals surface area contributed by atoms with E-state index in [4.69, 9.17) is 4.74 Å². The highest BCUT2D eigenvalue weighted by atomic mass is 32.1. The number of benzene rings is 2. The Morgan fingerprint density at radius 3 is 2.72 bits per heavy atom. The molecule has 0 saturated heterocycles. The van der Waals surface area contributed by atoms with E-state index in [0.717, 1.165) is 16.9 Å². The molecule has 25 heavy (non-hydrogen) atoms. The van der Waals surface area contributed by atoms with E-state index < -0.39 is 5.97 Å². The molecule has 1 aromatic heterocycles. The highest BCUT2D eigenvalue weighted by Gasteiger charge is 2.17. The Labute approximate surface area is 148 Å². The van der Waals surface area contributed by atoms with Crippen molar-refractivity contribution in [3.63, 3.8) is 0 Å². The molecule has 0 aliphatic heterocycles. The molecule has 0 saturated carbocycles. The Morgan fingerprint density at radius 2 is 2.04 bits per heavy atom. The van der Waals surface area contributed by atoms with Crippen LogP contribution in [0.15, 0.2) is 48.5 Å². The molecule has 3 aromatic rings. The maximum atomic E-state index is 13.7. The van der Waals surface area contributed by atoms with E-state index in [1.54, 1.807) is 36.4 Å². The van der Waals surface area contributed by atoms with Crippen LogP contribution in [0, 0.1) is 5.82 Å². The number of hydrogen-bond donors (Lipinski definition) is 1. The molecule has 0 aliphatic rings. The van der Waals surface area contributed by atoms with Crippen molar-refractivity contribution in [1.82, 2.24) is 4.98 Å². The average molecular weight is 357 g/mol. The first kappa shape index (κ1) is 17.1. The Bertz CT molecular complexity index is 907. The second-order valence-electron chi connectivity index (χ2n) is 5.36. The number of carbonyl (C=O) groups is 1. The summed E-state index contributed by atoms with van der Waals surface area (Å²) in [4.78, 5) is 16.0. The van der Waals surface area contributed by atoms with Gasteiger partial charge >= 0.3 is 5.97 Å². The number of nitrogens with zero attached hydrogens (tertiary/aromatic N) is 1. The maximum absolute atomic E-state index is 13.7. The molecule has 1 heterocycles. The van der Waals surface area contributed by atoms with E-state index in [1.165, 1.54) is 6.07 Å². The predicted octanol–water partition coefficient (Wildman–Crippen LogP) is 4.79. The van der Waals surface area contributed by atoms with Gasteiger partial charge in [0.15, 0.2) is 0 Å². The summed E-state index contributed by atoms with van der Waals surface area (Å²) in [5, 5.41) is 9.89. The molecular weight excluding hydrogens is 341 g/mol. The third kappa shape index (κ3) is 3.85. The molecule has 0 bridgehead atoms. The molecule has 0 unspecified atom stereocenters. The molecule has 128 valence electrons. The lowest BCUT2D eigenvalue weighted by Crippen LogP contribution is -1.98. The molecule has 0 spiro atoms. The normalized spacial score (nSPS) is 10.6. The van der Waals surface area contributed by atoms with Crippen LogP contribution in [0.2, 0.25) is 0 Å². The van der Waals surface area contributed by atoms with Gasteiger partial charge in [-0.2, -0.15) is 0 Å². The van der Waals surface area contributed by atoms with Crippen LogP contribution in [0.5, 0.6) is 5.75 Å². The summed E-state index contributed by atoms with van der Waals surface area (Å²) in [6, 6.07) is 13.7. The van der Waals surface area contributed by atoms with Crippen molar-refractivity contribution in [2.45, 2.75) is 20.0 Å². The fraction of sp³-hybridized carbons (Fsp3) is 0.158. The molecule has 0 aliphatic carbocycles. The lowest BCUT2D eigenvalue weighted by molar-refractivity contribution is 0.0701. The van der Waals surface area contributed by atoms with E-state index in [1.807, 2.05) is 13.0 Å². The zero-order valence-corrected chi connectivity index (χ0v) is 14.3. The van der Waals surface area contributed by atoms with Gasteiger partial charge in [-0.3, -0.25) is 0 Å². The summed E-state index contributed by atoms with van der Waals surface area (Å²) in [6.45, 7) is 1.99. The number of hydrogen-bond acceptors (Lipinski definition) is 4. The van der Waals surface area contributed by atoms with Crippen LogP contribution in [0.3, 0.4) is 0 Å². The second kappa shape index (κ2) is 7.44. The van der Waals surface area contributed by atoms with Gasteiger partial charge in [-0.1, -0.05) is 37.3 Å². The summed E-state index contributed by atoms with van der Waals surface area (Å²) in [7, 11) is 0. The minimum absolute atomic E-state index is 0.120. The number of rotatable bonds is 6. The van der Waals surface area contributed by atoms with Gasteiger partial charge in [0, 0.05) is 11.1 Å².